The Balaban J connectivity index is 2.09. The van der Waals surface area contributed by atoms with E-state index in [4.69, 9.17) is 5.73 Å². The number of rotatable bonds is 7. The molecule has 0 aliphatic rings. The van der Waals surface area contributed by atoms with Crippen LogP contribution in [0.15, 0.2) is 41.8 Å². The third-order valence-corrected chi connectivity index (χ3v) is 5.00. The van der Waals surface area contributed by atoms with Gasteiger partial charge in [0.05, 0.1) is 0 Å². The van der Waals surface area contributed by atoms with E-state index in [9.17, 15) is 0 Å². The average Bonchev–Trinajstić information content (AvgIpc) is 3.00. The van der Waals surface area contributed by atoms with Crippen LogP contribution in [-0.2, 0) is 6.42 Å². The van der Waals surface area contributed by atoms with E-state index in [1.165, 1.54) is 16.0 Å². The first kappa shape index (κ1) is 16.2. The van der Waals surface area contributed by atoms with Crippen molar-refractivity contribution in [3.8, 4) is 0 Å². The summed E-state index contributed by atoms with van der Waals surface area (Å²) >= 11 is 1.83. The summed E-state index contributed by atoms with van der Waals surface area (Å²) in [5, 5.41) is 2.14. The maximum Gasteiger partial charge on any atom is 0.0496 e. The predicted octanol–water partition coefficient (Wildman–Crippen LogP) is 4.01. The summed E-state index contributed by atoms with van der Waals surface area (Å²) in [7, 11) is 2.19. The van der Waals surface area contributed by atoms with Crippen LogP contribution < -0.4 is 5.73 Å². The van der Waals surface area contributed by atoms with E-state index in [-0.39, 0.29) is 12.1 Å². The lowest BCUT2D eigenvalue weighted by Crippen LogP contribution is -2.39. The second-order valence-electron chi connectivity index (χ2n) is 5.74. The third-order valence-electron chi connectivity index (χ3n) is 4.06. The lowest BCUT2D eigenvalue weighted by molar-refractivity contribution is 0.212. The largest absolute Gasteiger partial charge is 0.326 e. The van der Waals surface area contributed by atoms with Gasteiger partial charge in [0.1, 0.15) is 0 Å². The summed E-state index contributed by atoms with van der Waals surface area (Å²) in [4.78, 5) is 3.84. The molecule has 0 aliphatic heterocycles. The molecule has 2 unspecified atom stereocenters. The van der Waals surface area contributed by atoms with Gasteiger partial charge in [0, 0.05) is 23.5 Å². The molecule has 2 rings (SSSR count). The molecular weight excluding hydrogens is 276 g/mol. The molecule has 0 spiro atoms. The van der Waals surface area contributed by atoms with E-state index in [2.05, 4.69) is 67.6 Å². The van der Waals surface area contributed by atoms with Crippen LogP contribution >= 0.6 is 11.3 Å². The van der Waals surface area contributed by atoms with Crippen LogP contribution in [0.3, 0.4) is 0 Å². The summed E-state index contributed by atoms with van der Waals surface area (Å²) in [6, 6.07) is 13.6. The lowest BCUT2D eigenvalue weighted by atomic mass is 9.95. The number of nitrogens with two attached hydrogens (primary N) is 1. The highest BCUT2D eigenvalue weighted by atomic mass is 32.1. The van der Waals surface area contributed by atoms with Crippen molar-refractivity contribution in [2.45, 2.75) is 38.8 Å². The van der Waals surface area contributed by atoms with E-state index >= 15 is 0 Å². The van der Waals surface area contributed by atoms with Crippen molar-refractivity contribution in [3.05, 3.63) is 57.8 Å². The van der Waals surface area contributed by atoms with Crippen molar-refractivity contribution >= 4 is 11.3 Å². The Hall–Kier alpha value is -1.16. The fourth-order valence-electron chi connectivity index (χ4n) is 2.70. The van der Waals surface area contributed by atoms with Crippen LogP contribution in [0.4, 0.5) is 0 Å². The average molecular weight is 302 g/mol. The second-order valence-corrected chi connectivity index (χ2v) is 6.77. The minimum atomic E-state index is 0.168. The van der Waals surface area contributed by atoms with Gasteiger partial charge in [-0.1, -0.05) is 42.8 Å². The summed E-state index contributed by atoms with van der Waals surface area (Å²) in [6.45, 7) is 5.32. The van der Waals surface area contributed by atoms with Crippen molar-refractivity contribution in [2.75, 3.05) is 13.6 Å². The molecular formula is C18H26N2S. The Labute approximate surface area is 132 Å². The van der Waals surface area contributed by atoms with Crippen molar-refractivity contribution in [1.82, 2.24) is 4.90 Å². The van der Waals surface area contributed by atoms with Crippen LogP contribution in [0.1, 0.15) is 35.4 Å². The summed E-state index contributed by atoms with van der Waals surface area (Å²) in [5.74, 6) is 0. The highest BCUT2D eigenvalue weighted by Gasteiger charge is 2.22. The molecule has 21 heavy (non-hydrogen) atoms. The molecule has 114 valence electrons. The first-order valence-electron chi connectivity index (χ1n) is 7.66. The number of hydrogen-bond donors (Lipinski definition) is 1. The number of hydrogen-bond acceptors (Lipinski definition) is 3. The number of likely N-dealkylation sites (N-methyl/N-ethyl adjacent to an activating group) is 1. The molecule has 0 aliphatic carbocycles. The normalized spacial score (nSPS) is 14.3. The first-order chi connectivity index (χ1) is 10.1. The fraction of sp³-hybridized carbons (Fsp3) is 0.444. The molecule has 0 saturated carbocycles. The number of nitrogens with zero attached hydrogens (tertiary/aromatic N) is 1. The molecule has 2 atom stereocenters. The Bertz CT molecular complexity index is 519. The Kier molecular flexibility index (Phi) is 5.97. The molecule has 1 aromatic heterocycles. The highest BCUT2D eigenvalue weighted by molar-refractivity contribution is 7.09. The minimum Gasteiger partial charge on any atom is -0.326 e. The van der Waals surface area contributed by atoms with E-state index in [0.717, 1.165) is 19.4 Å². The third kappa shape index (κ3) is 4.40. The maximum absolute atomic E-state index is 6.40. The minimum absolute atomic E-state index is 0.168. The topological polar surface area (TPSA) is 29.3 Å². The smallest absolute Gasteiger partial charge is 0.0496 e. The molecule has 1 heterocycles. The SMILES string of the molecule is CCC(N)C(c1ccc(C)cc1)N(C)CCc1cccs1. The fourth-order valence-corrected chi connectivity index (χ4v) is 3.39. The molecule has 0 radical (unpaired) electrons. The molecule has 2 aromatic rings. The van der Waals surface area contributed by atoms with E-state index in [1.807, 2.05) is 11.3 Å². The van der Waals surface area contributed by atoms with Crippen molar-refractivity contribution in [2.24, 2.45) is 5.73 Å². The Morgan fingerprint density at radius 1 is 1.19 bits per heavy atom. The predicted molar refractivity (Wildman–Crippen MR) is 92.8 cm³/mol. The van der Waals surface area contributed by atoms with Gasteiger partial charge < -0.3 is 5.73 Å². The monoisotopic (exact) mass is 302 g/mol. The van der Waals surface area contributed by atoms with Gasteiger partial charge in [-0.15, -0.1) is 11.3 Å². The van der Waals surface area contributed by atoms with Crippen LogP contribution in [0, 0.1) is 6.92 Å². The zero-order valence-corrected chi connectivity index (χ0v) is 14.1. The quantitative estimate of drug-likeness (QED) is 0.837. The molecule has 1 aromatic carbocycles. The van der Waals surface area contributed by atoms with Gasteiger partial charge >= 0.3 is 0 Å². The van der Waals surface area contributed by atoms with Gasteiger partial charge in [-0.25, -0.2) is 0 Å². The van der Waals surface area contributed by atoms with Crippen LogP contribution in [0.2, 0.25) is 0 Å². The van der Waals surface area contributed by atoms with Crippen LogP contribution in [-0.4, -0.2) is 24.5 Å². The first-order valence-corrected chi connectivity index (χ1v) is 8.54. The number of benzene rings is 1. The standard InChI is InChI=1S/C18H26N2S/c1-4-17(19)18(15-9-7-14(2)8-10-15)20(3)12-11-16-6-5-13-21-16/h5-10,13,17-18H,4,11-12,19H2,1-3H3. The summed E-state index contributed by atoms with van der Waals surface area (Å²) in [5.41, 5.74) is 9.02. The molecule has 2 nitrogen and oxygen atoms in total. The van der Waals surface area contributed by atoms with E-state index in [1.54, 1.807) is 0 Å². The molecule has 0 bridgehead atoms. The Morgan fingerprint density at radius 3 is 2.48 bits per heavy atom. The van der Waals surface area contributed by atoms with E-state index in [0.29, 0.717) is 0 Å². The number of aryl methyl sites for hydroxylation is 1. The molecule has 3 heteroatoms. The van der Waals surface area contributed by atoms with Gasteiger partial charge in [0.15, 0.2) is 0 Å². The summed E-state index contributed by atoms with van der Waals surface area (Å²) in [6.07, 6.45) is 2.08. The molecule has 0 fully saturated rings. The van der Waals surface area contributed by atoms with Gasteiger partial charge in [-0.05, 0) is 43.8 Å². The van der Waals surface area contributed by atoms with Gasteiger partial charge in [-0.2, -0.15) is 0 Å². The second kappa shape index (κ2) is 7.74. The van der Waals surface area contributed by atoms with E-state index < -0.39 is 0 Å². The maximum atomic E-state index is 6.40. The Morgan fingerprint density at radius 2 is 1.90 bits per heavy atom. The van der Waals surface area contributed by atoms with Crippen molar-refractivity contribution < 1.29 is 0 Å². The zero-order valence-electron chi connectivity index (χ0n) is 13.3. The van der Waals surface area contributed by atoms with Gasteiger partial charge in [0.25, 0.3) is 0 Å². The van der Waals surface area contributed by atoms with Crippen molar-refractivity contribution in [1.29, 1.82) is 0 Å². The van der Waals surface area contributed by atoms with Gasteiger partial charge in [-0.3, -0.25) is 4.90 Å². The molecule has 0 saturated heterocycles. The van der Waals surface area contributed by atoms with Crippen molar-refractivity contribution in [3.63, 3.8) is 0 Å². The van der Waals surface area contributed by atoms with Crippen LogP contribution in [0.5, 0.6) is 0 Å². The lowest BCUT2D eigenvalue weighted by Gasteiger charge is -2.33. The highest BCUT2D eigenvalue weighted by Crippen LogP contribution is 2.25. The zero-order chi connectivity index (χ0) is 15.2. The van der Waals surface area contributed by atoms with Crippen LogP contribution in [0.25, 0.3) is 0 Å². The number of thiophene rings is 1. The molecule has 0 amide bonds. The van der Waals surface area contributed by atoms with Gasteiger partial charge in [0.2, 0.25) is 0 Å². The molecule has 2 N–H and O–H groups in total. The summed E-state index contributed by atoms with van der Waals surface area (Å²) < 4.78 is 0.